The van der Waals surface area contributed by atoms with Gasteiger partial charge in [-0.15, -0.1) is 0 Å². The molecular formula is C31H36N4O2. The van der Waals surface area contributed by atoms with Gasteiger partial charge in [0, 0.05) is 19.6 Å². The molecule has 3 aromatic carbocycles. The zero-order valence-corrected chi connectivity index (χ0v) is 21.8. The van der Waals surface area contributed by atoms with E-state index in [1.807, 2.05) is 18.2 Å². The van der Waals surface area contributed by atoms with Crippen LogP contribution in [0.2, 0.25) is 0 Å². The number of carbonyl (C=O) groups is 1. The second kappa shape index (κ2) is 11.6. The number of aryl methyl sites for hydroxylation is 1. The summed E-state index contributed by atoms with van der Waals surface area (Å²) in [6.45, 7) is 6.01. The van der Waals surface area contributed by atoms with E-state index >= 15 is 0 Å². The molecule has 0 saturated carbocycles. The molecule has 1 aliphatic rings. The smallest absolute Gasteiger partial charge is 0.224 e. The first-order chi connectivity index (χ1) is 18.1. The molecule has 1 N–H and O–H groups in total. The first-order valence-electron chi connectivity index (χ1n) is 13.2. The van der Waals surface area contributed by atoms with Crippen molar-refractivity contribution in [3.05, 3.63) is 95.3 Å². The quantitative estimate of drug-likeness (QED) is 0.355. The maximum atomic E-state index is 13.0. The molecule has 1 amide bonds. The summed E-state index contributed by atoms with van der Waals surface area (Å²) in [5.74, 6) is 2.09. The number of hydrogen-bond acceptors (Lipinski definition) is 4. The van der Waals surface area contributed by atoms with Crippen LogP contribution in [0.3, 0.4) is 0 Å². The molecule has 4 aromatic rings. The third-order valence-corrected chi connectivity index (χ3v) is 7.27. The van der Waals surface area contributed by atoms with Gasteiger partial charge in [0.25, 0.3) is 0 Å². The third-order valence-electron chi connectivity index (χ3n) is 7.27. The maximum Gasteiger partial charge on any atom is 0.224 e. The first-order valence-corrected chi connectivity index (χ1v) is 13.2. The van der Waals surface area contributed by atoms with Crippen molar-refractivity contribution in [2.24, 2.45) is 5.92 Å². The number of rotatable bonds is 9. The second-order valence-electron chi connectivity index (χ2n) is 10.1. The number of carbonyl (C=O) groups excluding carboxylic acids is 1. The number of aromatic nitrogens is 2. The minimum atomic E-state index is 0.0191. The number of methoxy groups -OCH3 is 1. The largest absolute Gasteiger partial charge is 0.497 e. The number of nitrogens with one attached hydrogen (secondary N) is 1. The van der Waals surface area contributed by atoms with E-state index in [1.165, 1.54) is 16.7 Å². The van der Waals surface area contributed by atoms with Crippen LogP contribution in [0.5, 0.6) is 5.75 Å². The lowest BCUT2D eigenvalue weighted by Gasteiger charge is -2.31. The van der Waals surface area contributed by atoms with Crippen LogP contribution in [0.4, 0.5) is 0 Å². The van der Waals surface area contributed by atoms with Crippen molar-refractivity contribution in [1.29, 1.82) is 0 Å². The predicted octanol–water partition coefficient (Wildman–Crippen LogP) is 4.97. The van der Waals surface area contributed by atoms with Gasteiger partial charge in [-0.3, -0.25) is 9.69 Å². The van der Waals surface area contributed by atoms with Crippen LogP contribution in [-0.4, -0.2) is 47.1 Å². The Hall–Kier alpha value is -3.64. The number of imidazole rings is 1. The second-order valence-corrected chi connectivity index (χ2v) is 10.1. The van der Waals surface area contributed by atoms with Crippen molar-refractivity contribution in [3.8, 4) is 5.75 Å². The number of nitrogens with zero attached hydrogens (tertiary/aromatic N) is 3. The summed E-state index contributed by atoms with van der Waals surface area (Å²) in [7, 11) is 1.69. The lowest BCUT2D eigenvalue weighted by molar-refractivity contribution is -0.126. The van der Waals surface area contributed by atoms with Gasteiger partial charge < -0.3 is 14.6 Å². The van der Waals surface area contributed by atoms with Gasteiger partial charge in [0.2, 0.25) is 5.91 Å². The van der Waals surface area contributed by atoms with E-state index in [-0.39, 0.29) is 11.8 Å². The fraction of sp³-hybridized carbons (Fsp3) is 0.355. The summed E-state index contributed by atoms with van der Waals surface area (Å²) < 4.78 is 7.63. The summed E-state index contributed by atoms with van der Waals surface area (Å²) in [5.41, 5.74) is 5.87. The van der Waals surface area contributed by atoms with Crippen LogP contribution < -0.4 is 10.1 Å². The van der Waals surface area contributed by atoms with Gasteiger partial charge in [0.15, 0.2) is 0 Å². The van der Waals surface area contributed by atoms with Crippen LogP contribution in [0.15, 0.2) is 72.8 Å². The monoisotopic (exact) mass is 496 g/mol. The van der Waals surface area contributed by atoms with E-state index in [0.29, 0.717) is 6.54 Å². The van der Waals surface area contributed by atoms with Crippen molar-refractivity contribution >= 4 is 16.9 Å². The van der Waals surface area contributed by atoms with Gasteiger partial charge in [-0.1, -0.05) is 54.1 Å². The number of fused-ring (bicyclic) bond motifs is 1. The predicted molar refractivity (Wildman–Crippen MR) is 148 cm³/mol. The van der Waals surface area contributed by atoms with E-state index in [9.17, 15) is 4.79 Å². The number of likely N-dealkylation sites (tertiary alicyclic amines) is 1. The van der Waals surface area contributed by atoms with Crippen molar-refractivity contribution in [2.45, 2.75) is 39.3 Å². The molecular weight excluding hydrogens is 460 g/mol. The fourth-order valence-corrected chi connectivity index (χ4v) is 5.29. The molecule has 1 atom stereocenters. The molecule has 2 heterocycles. The van der Waals surface area contributed by atoms with Crippen LogP contribution in [0, 0.1) is 12.8 Å². The Morgan fingerprint density at radius 3 is 2.68 bits per heavy atom. The average molecular weight is 497 g/mol. The fourth-order valence-electron chi connectivity index (χ4n) is 5.29. The number of ether oxygens (including phenoxy) is 1. The van der Waals surface area contributed by atoms with Crippen molar-refractivity contribution in [1.82, 2.24) is 19.8 Å². The summed E-state index contributed by atoms with van der Waals surface area (Å²) in [4.78, 5) is 20.4. The normalized spacial score (nSPS) is 16.1. The van der Waals surface area contributed by atoms with Gasteiger partial charge in [0.1, 0.15) is 11.6 Å². The van der Waals surface area contributed by atoms with Crippen molar-refractivity contribution < 1.29 is 9.53 Å². The molecule has 1 aliphatic heterocycles. The van der Waals surface area contributed by atoms with E-state index in [4.69, 9.17) is 9.72 Å². The molecule has 192 valence electrons. The Morgan fingerprint density at radius 2 is 1.86 bits per heavy atom. The van der Waals surface area contributed by atoms with Gasteiger partial charge in [-0.05, 0) is 68.1 Å². The van der Waals surface area contributed by atoms with E-state index in [2.05, 4.69) is 76.3 Å². The molecule has 6 heteroatoms. The molecule has 0 bridgehead atoms. The van der Waals surface area contributed by atoms with Crippen molar-refractivity contribution in [2.75, 3.05) is 26.7 Å². The van der Waals surface area contributed by atoms with Crippen LogP contribution in [0.25, 0.3) is 11.0 Å². The Bertz CT molecular complexity index is 1350. The number of hydrogen-bond donors (Lipinski definition) is 1. The van der Waals surface area contributed by atoms with Crippen LogP contribution in [0.1, 0.15) is 35.4 Å². The SMILES string of the molecule is COc1ccc(Cn2c(CN3CCC[C@@H](C(=O)NCCc4cccc(C)c4)C3)nc3ccccc32)cc1. The molecule has 0 unspecified atom stereocenters. The number of piperidine rings is 1. The lowest BCUT2D eigenvalue weighted by Crippen LogP contribution is -2.43. The maximum absolute atomic E-state index is 13.0. The van der Waals surface area contributed by atoms with Gasteiger partial charge in [-0.2, -0.15) is 0 Å². The molecule has 5 rings (SSSR count). The van der Waals surface area contributed by atoms with Crippen LogP contribution in [-0.2, 0) is 24.3 Å². The highest BCUT2D eigenvalue weighted by Crippen LogP contribution is 2.23. The van der Waals surface area contributed by atoms with Gasteiger partial charge in [0.05, 0.1) is 30.6 Å². The average Bonchev–Trinajstić information content (AvgIpc) is 3.26. The lowest BCUT2D eigenvalue weighted by atomic mass is 9.97. The van der Waals surface area contributed by atoms with Crippen molar-refractivity contribution in [3.63, 3.8) is 0 Å². The Morgan fingerprint density at radius 1 is 1.03 bits per heavy atom. The summed E-state index contributed by atoms with van der Waals surface area (Å²) >= 11 is 0. The Labute approximate surface area is 219 Å². The Kier molecular flexibility index (Phi) is 7.85. The molecule has 1 saturated heterocycles. The molecule has 1 fully saturated rings. The molecule has 0 aliphatic carbocycles. The molecule has 0 radical (unpaired) electrons. The highest BCUT2D eigenvalue weighted by atomic mass is 16.5. The molecule has 6 nitrogen and oxygen atoms in total. The number of para-hydroxylation sites is 2. The summed E-state index contributed by atoms with van der Waals surface area (Å²) in [6.07, 6.45) is 2.82. The first kappa shape index (κ1) is 25.0. The molecule has 0 spiro atoms. The van der Waals surface area contributed by atoms with Crippen LogP contribution >= 0.6 is 0 Å². The van der Waals surface area contributed by atoms with E-state index in [1.54, 1.807) is 7.11 Å². The summed E-state index contributed by atoms with van der Waals surface area (Å²) in [6, 6.07) is 25.0. The minimum Gasteiger partial charge on any atom is -0.497 e. The van der Waals surface area contributed by atoms with E-state index in [0.717, 1.165) is 68.0 Å². The number of amides is 1. The molecule has 37 heavy (non-hydrogen) atoms. The van der Waals surface area contributed by atoms with Gasteiger partial charge >= 0.3 is 0 Å². The molecule has 1 aromatic heterocycles. The third kappa shape index (κ3) is 6.20. The zero-order valence-electron chi connectivity index (χ0n) is 21.8. The zero-order chi connectivity index (χ0) is 25.6. The highest BCUT2D eigenvalue weighted by Gasteiger charge is 2.27. The van der Waals surface area contributed by atoms with Gasteiger partial charge in [-0.25, -0.2) is 4.98 Å². The van der Waals surface area contributed by atoms with E-state index < -0.39 is 0 Å². The summed E-state index contributed by atoms with van der Waals surface area (Å²) in [5, 5.41) is 3.18. The highest BCUT2D eigenvalue weighted by molar-refractivity contribution is 5.79. The number of benzene rings is 3. The Balaban J connectivity index is 1.24. The standard InChI is InChI=1S/C31H36N4O2/c1-23-7-5-8-24(19-23)16-17-32-31(36)26-9-6-18-34(21-26)22-30-33-28-10-3-4-11-29(28)35(30)20-25-12-14-27(37-2)15-13-25/h3-5,7-8,10-15,19,26H,6,9,16-18,20-22H2,1-2H3,(H,32,36)/t26-/m1/s1. The topological polar surface area (TPSA) is 59.4 Å². The minimum absolute atomic E-state index is 0.0191.